The summed E-state index contributed by atoms with van der Waals surface area (Å²) in [5, 5.41) is 4.41. The monoisotopic (exact) mass is 606 g/mol. The topological polar surface area (TPSA) is 71.1 Å². The highest BCUT2D eigenvalue weighted by atomic mass is 16.5. The highest BCUT2D eigenvalue weighted by molar-refractivity contribution is 6.11. The average molecular weight is 607 g/mol. The molecule has 0 aliphatic carbocycles. The van der Waals surface area contributed by atoms with Crippen LogP contribution in [0.1, 0.15) is 117 Å². The molecule has 0 aliphatic rings. The first-order valence-corrected chi connectivity index (χ1v) is 17.2. The molecule has 242 valence electrons. The SMILES string of the molecule is CCOC(=O)CCCCCCCCCOc1c2ccccc2c(OCCCCCCCCCC(=O)OCC)c2ccccc12. The highest BCUT2D eigenvalue weighted by Crippen LogP contribution is 2.42. The normalized spacial score (nSPS) is 11.1. The minimum atomic E-state index is -0.0764. The molecule has 0 aliphatic heterocycles. The number of esters is 2. The predicted molar refractivity (Wildman–Crippen MR) is 180 cm³/mol. The predicted octanol–water partition coefficient (Wildman–Crippen LogP) is 10.1. The Bertz CT molecular complexity index is 1100. The molecule has 3 aromatic carbocycles. The lowest BCUT2D eigenvalue weighted by Gasteiger charge is -2.18. The van der Waals surface area contributed by atoms with Gasteiger partial charge in [0, 0.05) is 34.4 Å². The van der Waals surface area contributed by atoms with Gasteiger partial charge in [0.1, 0.15) is 11.5 Å². The molecule has 6 nitrogen and oxygen atoms in total. The Kier molecular flexibility index (Phi) is 17.1. The maximum Gasteiger partial charge on any atom is 0.305 e. The third-order valence-corrected chi connectivity index (χ3v) is 7.99. The molecule has 0 N–H and O–H groups in total. The maximum atomic E-state index is 11.4. The van der Waals surface area contributed by atoms with Gasteiger partial charge in [-0.2, -0.15) is 0 Å². The first kappa shape index (κ1) is 35.2. The fraction of sp³-hybridized carbons (Fsp3) is 0.579. The number of carbonyl (C=O) groups excluding carboxylic acids is 2. The quantitative estimate of drug-likeness (QED) is 0.0574. The summed E-state index contributed by atoms with van der Waals surface area (Å²) >= 11 is 0. The Morgan fingerprint density at radius 1 is 0.455 bits per heavy atom. The molecule has 0 bridgehead atoms. The molecule has 0 atom stereocenters. The van der Waals surface area contributed by atoms with E-state index in [1.165, 1.54) is 25.7 Å². The lowest BCUT2D eigenvalue weighted by molar-refractivity contribution is -0.144. The van der Waals surface area contributed by atoms with Gasteiger partial charge in [-0.15, -0.1) is 0 Å². The van der Waals surface area contributed by atoms with Gasteiger partial charge >= 0.3 is 11.9 Å². The summed E-state index contributed by atoms with van der Waals surface area (Å²) in [6, 6.07) is 16.9. The molecule has 0 spiro atoms. The van der Waals surface area contributed by atoms with Crippen LogP contribution in [0.4, 0.5) is 0 Å². The molecule has 6 heteroatoms. The van der Waals surface area contributed by atoms with Gasteiger partial charge in [0.25, 0.3) is 0 Å². The molecule has 0 amide bonds. The molecule has 0 saturated carbocycles. The lowest BCUT2D eigenvalue weighted by atomic mass is 10.0. The van der Waals surface area contributed by atoms with Crippen molar-refractivity contribution in [1.82, 2.24) is 0 Å². The van der Waals surface area contributed by atoms with Crippen molar-refractivity contribution in [2.24, 2.45) is 0 Å². The van der Waals surface area contributed by atoms with Gasteiger partial charge in [0.15, 0.2) is 0 Å². The summed E-state index contributed by atoms with van der Waals surface area (Å²) in [5.74, 6) is 1.75. The van der Waals surface area contributed by atoms with Crippen molar-refractivity contribution in [2.45, 2.75) is 117 Å². The van der Waals surface area contributed by atoms with Crippen molar-refractivity contribution < 1.29 is 28.5 Å². The minimum Gasteiger partial charge on any atom is -0.492 e. The van der Waals surface area contributed by atoms with E-state index in [1.54, 1.807) is 0 Å². The summed E-state index contributed by atoms with van der Waals surface area (Å²) < 4.78 is 22.9. The summed E-state index contributed by atoms with van der Waals surface area (Å²) in [7, 11) is 0. The largest absolute Gasteiger partial charge is 0.492 e. The van der Waals surface area contributed by atoms with E-state index < -0.39 is 0 Å². The van der Waals surface area contributed by atoms with E-state index in [9.17, 15) is 9.59 Å². The molecular weight excluding hydrogens is 552 g/mol. The number of ether oxygens (including phenoxy) is 4. The van der Waals surface area contributed by atoms with Crippen LogP contribution in [-0.2, 0) is 19.1 Å². The van der Waals surface area contributed by atoms with Gasteiger partial charge < -0.3 is 18.9 Å². The summed E-state index contributed by atoms with van der Waals surface area (Å²) in [6.07, 6.45) is 16.5. The molecule has 0 radical (unpaired) electrons. The molecule has 3 aromatic rings. The Morgan fingerprint density at radius 2 is 0.750 bits per heavy atom. The van der Waals surface area contributed by atoms with Gasteiger partial charge in [-0.1, -0.05) is 113 Å². The number of hydrogen-bond acceptors (Lipinski definition) is 6. The lowest BCUT2D eigenvalue weighted by Crippen LogP contribution is -2.03. The number of hydrogen-bond donors (Lipinski definition) is 0. The van der Waals surface area contributed by atoms with Gasteiger partial charge in [-0.3, -0.25) is 9.59 Å². The summed E-state index contributed by atoms with van der Waals surface area (Å²) in [5.41, 5.74) is 0. The van der Waals surface area contributed by atoms with E-state index in [0.29, 0.717) is 39.3 Å². The molecular formula is C38H54O6. The molecule has 0 aromatic heterocycles. The highest BCUT2D eigenvalue weighted by Gasteiger charge is 2.15. The van der Waals surface area contributed by atoms with Crippen LogP contribution >= 0.6 is 0 Å². The first-order chi connectivity index (χ1) is 21.7. The Hall–Kier alpha value is -3.28. The summed E-state index contributed by atoms with van der Waals surface area (Å²) in [4.78, 5) is 22.9. The van der Waals surface area contributed by atoms with Crippen molar-refractivity contribution in [3.63, 3.8) is 0 Å². The van der Waals surface area contributed by atoms with E-state index in [-0.39, 0.29) is 11.9 Å². The van der Waals surface area contributed by atoms with Crippen LogP contribution < -0.4 is 9.47 Å². The van der Waals surface area contributed by atoms with E-state index in [4.69, 9.17) is 18.9 Å². The number of benzene rings is 3. The second kappa shape index (κ2) is 21.4. The van der Waals surface area contributed by atoms with Crippen molar-refractivity contribution in [2.75, 3.05) is 26.4 Å². The molecule has 0 saturated heterocycles. The number of unbranched alkanes of at least 4 members (excludes halogenated alkanes) is 12. The number of rotatable bonds is 24. The van der Waals surface area contributed by atoms with Crippen LogP contribution in [0.25, 0.3) is 21.5 Å². The zero-order valence-corrected chi connectivity index (χ0v) is 27.2. The minimum absolute atomic E-state index is 0.0764. The zero-order valence-electron chi connectivity index (χ0n) is 27.2. The van der Waals surface area contributed by atoms with Crippen LogP contribution in [0.15, 0.2) is 48.5 Å². The van der Waals surface area contributed by atoms with E-state index in [2.05, 4.69) is 48.5 Å². The smallest absolute Gasteiger partial charge is 0.305 e. The second-order valence-corrected chi connectivity index (χ2v) is 11.5. The number of carbonyl (C=O) groups is 2. The van der Waals surface area contributed by atoms with Crippen LogP contribution in [-0.4, -0.2) is 38.4 Å². The van der Waals surface area contributed by atoms with Crippen LogP contribution in [0.2, 0.25) is 0 Å². The van der Waals surface area contributed by atoms with Crippen LogP contribution in [0.3, 0.4) is 0 Å². The summed E-state index contributed by atoms with van der Waals surface area (Å²) in [6.45, 7) is 6.02. The van der Waals surface area contributed by atoms with Crippen molar-refractivity contribution in [3.8, 4) is 11.5 Å². The second-order valence-electron chi connectivity index (χ2n) is 11.5. The molecule has 3 rings (SSSR count). The fourth-order valence-corrected chi connectivity index (χ4v) is 5.68. The third-order valence-electron chi connectivity index (χ3n) is 7.99. The van der Waals surface area contributed by atoms with Gasteiger partial charge in [-0.25, -0.2) is 0 Å². The first-order valence-electron chi connectivity index (χ1n) is 17.2. The van der Waals surface area contributed by atoms with Gasteiger partial charge in [0.2, 0.25) is 0 Å². The fourth-order valence-electron chi connectivity index (χ4n) is 5.68. The average Bonchev–Trinajstić information content (AvgIpc) is 3.03. The van der Waals surface area contributed by atoms with Crippen molar-refractivity contribution in [3.05, 3.63) is 48.5 Å². The van der Waals surface area contributed by atoms with E-state index >= 15 is 0 Å². The zero-order chi connectivity index (χ0) is 31.2. The Balaban J connectivity index is 1.42. The Morgan fingerprint density at radius 3 is 1.07 bits per heavy atom. The standard InChI is InChI=1S/C38H54O6/c1-3-41-35(39)27-15-11-7-5-9-13-21-29-43-37-31-23-17-19-25-33(31)38(34-26-20-18-24-32(34)37)44-30-22-14-10-6-8-12-16-28-36(40)42-4-2/h17-20,23-26H,3-16,21-22,27-30H2,1-2H3. The van der Waals surface area contributed by atoms with Crippen LogP contribution in [0.5, 0.6) is 11.5 Å². The van der Waals surface area contributed by atoms with Gasteiger partial charge in [0.05, 0.1) is 26.4 Å². The maximum absolute atomic E-state index is 11.4. The molecule has 0 heterocycles. The van der Waals surface area contributed by atoms with Crippen LogP contribution in [0, 0.1) is 0 Å². The molecule has 44 heavy (non-hydrogen) atoms. The van der Waals surface area contributed by atoms with E-state index in [0.717, 1.165) is 97.3 Å². The van der Waals surface area contributed by atoms with E-state index in [1.807, 2.05) is 13.8 Å². The molecule has 0 unspecified atom stereocenters. The number of fused-ring (bicyclic) bond motifs is 2. The van der Waals surface area contributed by atoms with Crippen molar-refractivity contribution in [1.29, 1.82) is 0 Å². The van der Waals surface area contributed by atoms with Crippen molar-refractivity contribution >= 4 is 33.5 Å². The Labute approximate surface area is 264 Å². The molecule has 0 fully saturated rings. The third kappa shape index (κ3) is 12.4. The van der Waals surface area contributed by atoms with Gasteiger partial charge in [-0.05, 0) is 39.5 Å².